The fourth-order valence-corrected chi connectivity index (χ4v) is 1.08. The first-order valence-corrected chi connectivity index (χ1v) is 4.72. The summed E-state index contributed by atoms with van der Waals surface area (Å²) in [5, 5.41) is 13.4. The average molecular weight is 222 g/mol. The van der Waals surface area contributed by atoms with Gasteiger partial charge in [0.25, 0.3) is 0 Å². The minimum atomic E-state index is -0.842. The zero-order valence-corrected chi connectivity index (χ0v) is 8.79. The Morgan fingerprint density at radius 1 is 1.56 bits per heavy atom. The second-order valence-electron chi connectivity index (χ2n) is 3.08. The van der Waals surface area contributed by atoms with Gasteiger partial charge in [-0.2, -0.15) is 4.39 Å². The summed E-state index contributed by atoms with van der Waals surface area (Å²) in [6.45, 7) is 0.746. The van der Waals surface area contributed by atoms with E-state index in [1.54, 1.807) is 0 Å². The van der Waals surface area contributed by atoms with Crippen LogP contribution in [0.1, 0.15) is 12.0 Å². The van der Waals surface area contributed by atoms with Gasteiger partial charge in [-0.15, -0.1) is 0 Å². The molecule has 16 heavy (non-hydrogen) atoms. The molecule has 1 aromatic carbocycles. The predicted molar refractivity (Wildman–Crippen MR) is 58.5 cm³/mol. The summed E-state index contributed by atoms with van der Waals surface area (Å²) >= 11 is 0. The summed E-state index contributed by atoms with van der Waals surface area (Å²) in [5.74, 6) is 4.73. The highest BCUT2D eigenvalue weighted by Crippen LogP contribution is 2.17. The summed E-state index contributed by atoms with van der Waals surface area (Å²) in [7, 11) is 1.81. The number of nitrogens with one attached hydrogen (secondary N) is 1. The fraction of sp³-hybridized carbons (Fsp3) is 0.273. The van der Waals surface area contributed by atoms with Crippen LogP contribution in [0.15, 0.2) is 18.2 Å². The van der Waals surface area contributed by atoms with Crippen molar-refractivity contribution in [1.29, 1.82) is 0 Å². The Kier molecular flexibility index (Phi) is 4.42. The Morgan fingerprint density at radius 3 is 2.94 bits per heavy atom. The molecule has 0 spiro atoms. The van der Waals surface area contributed by atoms with Crippen LogP contribution in [-0.4, -0.2) is 18.5 Å². The van der Waals surface area contributed by atoms with Crippen molar-refractivity contribution in [3.8, 4) is 11.8 Å². The van der Waals surface area contributed by atoms with Crippen LogP contribution in [0.25, 0.3) is 0 Å². The van der Waals surface area contributed by atoms with E-state index in [9.17, 15) is 14.5 Å². The molecule has 1 aromatic rings. The van der Waals surface area contributed by atoms with Gasteiger partial charge < -0.3 is 5.32 Å². The molecule has 4 nitrogen and oxygen atoms in total. The maximum absolute atomic E-state index is 13.0. The van der Waals surface area contributed by atoms with E-state index in [1.165, 1.54) is 6.07 Å². The zero-order valence-electron chi connectivity index (χ0n) is 8.79. The first kappa shape index (κ1) is 12.1. The molecular formula is C11H11FN2O2. The van der Waals surface area contributed by atoms with E-state index in [-0.39, 0.29) is 0 Å². The molecule has 0 heterocycles. The van der Waals surface area contributed by atoms with Gasteiger partial charge >= 0.3 is 5.69 Å². The number of hydrogen-bond donors (Lipinski definition) is 1. The number of rotatable bonds is 3. The minimum Gasteiger partial charge on any atom is -0.319 e. The van der Waals surface area contributed by atoms with Crippen molar-refractivity contribution >= 4 is 5.69 Å². The molecule has 5 heteroatoms. The van der Waals surface area contributed by atoms with Gasteiger partial charge in [-0.3, -0.25) is 10.1 Å². The Balaban J connectivity index is 2.85. The van der Waals surface area contributed by atoms with Gasteiger partial charge in [-0.1, -0.05) is 11.8 Å². The topological polar surface area (TPSA) is 55.2 Å². The monoisotopic (exact) mass is 222 g/mol. The van der Waals surface area contributed by atoms with E-state index in [0.717, 1.165) is 18.7 Å². The van der Waals surface area contributed by atoms with Crippen LogP contribution in [0.4, 0.5) is 10.1 Å². The quantitative estimate of drug-likeness (QED) is 0.366. The molecule has 0 aliphatic carbocycles. The Labute approximate surface area is 92.6 Å². The van der Waals surface area contributed by atoms with Gasteiger partial charge in [0.05, 0.1) is 4.92 Å². The van der Waals surface area contributed by atoms with Crippen molar-refractivity contribution < 1.29 is 9.31 Å². The lowest BCUT2D eigenvalue weighted by Gasteiger charge is -1.94. The Hall–Kier alpha value is -1.93. The van der Waals surface area contributed by atoms with Crippen LogP contribution in [0.3, 0.4) is 0 Å². The molecule has 1 rings (SSSR count). The van der Waals surface area contributed by atoms with Crippen molar-refractivity contribution in [1.82, 2.24) is 5.32 Å². The SMILES string of the molecule is CNCCC#Cc1ccc(F)c([N+](=O)[O-])c1. The largest absolute Gasteiger partial charge is 0.319 e. The van der Waals surface area contributed by atoms with Crippen LogP contribution < -0.4 is 5.32 Å². The molecule has 0 aliphatic rings. The van der Waals surface area contributed by atoms with Crippen molar-refractivity contribution in [3.63, 3.8) is 0 Å². The molecule has 0 amide bonds. The number of nitro benzene ring substituents is 1. The molecule has 0 radical (unpaired) electrons. The molecule has 0 saturated carbocycles. The second kappa shape index (κ2) is 5.83. The Morgan fingerprint density at radius 2 is 2.31 bits per heavy atom. The van der Waals surface area contributed by atoms with E-state index >= 15 is 0 Å². The summed E-state index contributed by atoms with van der Waals surface area (Å²) in [5.41, 5.74) is -0.0929. The summed E-state index contributed by atoms with van der Waals surface area (Å²) in [6, 6.07) is 3.62. The molecule has 0 aromatic heterocycles. The lowest BCUT2D eigenvalue weighted by molar-refractivity contribution is -0.387. The smallest absolute Gasteiger partial charge is 0.306 e. The molecular weight excluding hydrogens is 211 g/mol. The number of hydrogen-bond acceptors (Lipinski definition) is 3. The lowest BCUT2D eigenvalue weighted by atomic mass is 10.2. The number of nitro groups is 1. The summed E-state index contributed by atoms with van der Waals surface area (Å²) in [4.78, 5) is 9.70. The normalized spacial score (nSPS) is 9.38. The fourth-order valence-electron chi connectivity index (χ4n) is 1.08. The highest BCUT2D eigenvalue weighted by Gasteiger charge is 2.13. The van der Waals surface area contributed by atoms with Crippen LogP contribution in [-0.2, 0) is 0 Å². The Bertz CT molecular complexity index is 449. The summed E-state index contributed by atoms with van der Waals surface area (Å²) in [6.07, 6.45) is 0.641. The number of halogens is 1. The van der Waals surface area contributed by atoms with Crippen LogP contribution >= 0.6 is 0 Å². The van der Waals surface area contributed by atoms with Gasteiger partial charge in [-0.05, 0) is 19.2 Å². The predicted octanol–water partition coefficient (Wildman–Crippen LogP) is 1.69. The van der Waals surface area contributed by atoms with Crippen molar-refractivity contribution in [2.45, 2.75) is 6.42 Å². The second-order valence-corrected chi connectivity index (χ2v) is 3.08. The van der Waals surface area contributed by atoms with Gasteiger partial charge in [0.2, 0.25) is 5.82 Å². The van der Waals surface area contributed by atoms with E-state index < -0.39 is 16.4 Å². The van der Waals surface area contributed by atoms with Crippen molar-refractivity contribution in [2.24, 2.45) is 0 Å². The maximum atomic E-state index is 13.0. The third-order valence-electron chi connectivity index (χ3n) is 1.88. The van der Waals surface area contributed by atoms with Crippen molar-refractivity contribution in [3.05, 3.63) is 39.7 Å². The van der Waals surface area contributed by atoms with Crippen LogP contribution in [0.2, 0.25) is 0 Å². The van der Waals surface area contributed by atoms with Crippen LogP contribution in [0.5, 0.6) is 0 Å². The third kappa shape index (κ3) is 3.33. The van der Waals surface area contributed by atoms with Gasteiger partial charge in [0.15, 0.2) is 0 Å². The van der Waals surface area contributed by atoms with Gasteiger partial charge in [-0.25, -0.2) is 0 Å². The minimum absolute atomic E-state index is 0.448. The molecule has 1 N–H and O–H groups in total. The zero-order chi connectivity index (χ0) is 12.0. The highest BCUT2D eigenvalue weighted by atomic mass is 19.1. The maximum Gasteiger partial charge on any atom is 0.306 e. The molecule has 84 valence electrons. The van der Waals surface area contributed by atoms with Gasteiger partial charge in [0, 0.05) is 24.6 Å². The standard InChI is InChI=1S/C11H11FN2O2/c1-13-7-3-2-4-9-5-6-10(12)11(8-9)14(15)16/h5-6,8,13H,3,7H2,1H3. The number of nitrogens with zero attached hydrogens (tertiary/aromatic N) is 1. The first-order chi connectivity index (χ1) is 7.65. The third-order valence-corrected chi connectivity index (χ3v) is 1.88. The lowest BCUT2D eigenvalue weighted by Crippen LogP contribution is -2.05. The molecule has 0 bridgehead atoms. The van der Waals surface area contributed by atoms with Gasteiger partial charge in [0.1, 0.15) is 0 Å². The highest BCUT2D eigenvalue weighted by molar-refractivity contribution is 5.44. The molecule has 0 aliphatic heterocycles. The summed E-state index contributed by atoms with van der Waals surface area (Å²) < 4.78 is 13.0. The first-order valence-electron chi connectivity index (χ1n) is 4.72. The van der Waals surface area contributed by atoms with Crippen LogP contribution in [0, 0.1) is 27.8 Å². The van der Waals surface area contributed by atoms with E-state index in [1.807, 2.05) is 7.05 Å². The van der Waals surface area contributed by atoms with E-state index in [2.05, 4.69) is 17.2 Å². The molecule has 0 atom stereocenters. The molecule has 0 fully saturated rings. The van der Waals surface area contributed by atoms with Crippen molar-refractivity contribution in [2.75, 3.05) is 13.6 Å². The average Bonchev–Trinajstić information content (AvgIpc) is 2.26. The molecule has 0 unspecified atom stereocenters. The number of benzene rings is 1. The van der Waals surface area contributed by atoms with E-state index in [4.69, 9.17) is 0 Å². The van der Waals surface area contributed by atoms with E-state index in [0.29, 0.717) is 12.0 Å². The molecule has 0 saturated heterocycles.